The molecule has 2 aromatic heterocycles. The summed E-state index contributed by atoms with van der Waals surface area (Å²) in [7, 11) is 0. The van der Waals surface area contributed by atoms with Gasteiger partial charge in [0.15, 0.2) is 0 Å². The van der Waals surface area contributed by atoms with Gasteiger partial charge in [-0.1, -0.05) is 13.0 Å². The van der Waals surface area contributed by atoms with Crippen molar-refractivity contribution in [2.24, 2.45) is 0 Å². The Labute approximate surface area is 167 Å². The minimum Gasteiger partial charge on any atom is -0.384 e. The lowest BCUT2D eigenvalue weighted by molar-refractivity contribution is 0.584. The largest absolute Gasteiger partial charge is 0.384 e. The third kappa shape index (κ3) is 4.26. The third-order valence-electron chi connectivity index (χ3n) is 4.91. The molecule has 1 saturated carbocycles. The lowest BCUT2D eigenvalue weighted by Gasteiger charge is -2.19. The van der Waals surface area contributed by atoms with Crippen molar-refractivity contribution < 1.29 is 8.78 Å². The summed E-state index contributed by atoms with van der Waals surface area (Å²) in [6.45, 7) is 4.14. The monoisotopic (exact) mass is 396 g/mol. The topological polar surface area (TPSA) is 88.8 Å². The molecule has 0 saturated heterocycles. The number of aromatic nitrogens is 3. The Morgan fingerprint density at radius 1 is 1.07 bits per heavy atom. The van der Waals surface area contributed by atoms with E-state index in [-0.39, 0.29) is 17.2 Å². The Morgan fingerprint density at radius 3 is 2.41 bits per heavy atom. The number of nitrogens with two attached hydrogens (primary N) is 1. The number of benzene rings is 1. The molecule has 1 aromatic carbocycles. The van der Waals surface area contributed by atoms with Crippen molar-refractivity contribution >= 4 is 23.3 Å². The zero-order chi connectivity index (χ0) is 20.6. The molecular formula is C21H22F2N6. The first kappa shape index (κ1) is 19.0. The predicted molar refractivity (Wildman–Crippen MR) is 110 cm³/mol. The van der Waals surface area contributed by atoms with Crippen LogP contribution in [0, 0.1) is 11.6 Å². The zero-order valence-corrected chi connectivity index (χ0v) is 16.3. The predicted octanol–water partition coefficient (Wildman–Crippen LogP) is 4.67. The van der Waals surface area contributed by atoms with Crippen LogP contribution in [0.2, 0.25) is 0 Å². The SMILES string of the molecule is CCc1c(NC2(C)CC2)nc(Nc2cc(F)cc(F)c2)nc1-c1cccc(N)n1. The van der Waals surface area contributed by atoms with Crippen LogP contribution in [-0.4, -0.2) is 20.5 Å². The van der Waals surface area contributed by atoms with E-state index < -0.39 is 11.6 Å². The summed E-state index contributed by atoms with van der Waals surface area (Å²) in [6.07, 6.45) is 2.77. The molecule has 6 nitrogen and oxygen atoms in total. The van der Waals surface area contributed by atoms with E-state index in [1.54, 1.807) is 6.07 Å². The Hall–Kier alpha value is -3.29. The molecule has 3 aromatic rings. The first-order chi connectivity index (χ1) is 13.8. The Kier molecular flexibility index (Phi) is 4.77. The van der Waals surface area contributed by atoms with Crippen molar-refractivity contribution in [3.05, 3.63) is 53.6 Å². The van der Waals surface area contributed by atoms with Gasteiger partial charge in [-0.2, -0.15) is 4.98 Å². The minimum atomic E-state index is -0.681. The van der Waals surface area contributed by atoms with Crippen LogP contribution in [0.5, 0.6) is 0 Å². The maximum atomic E-state index is 13.6. The lowest BCUT2D eigenvalue weighted by Crippen LogP contribution is -2.20. The second-order valence-corrected chi connectivity index (χ2v) is 7.49. The zero-order valence-electron chi connectivity index (χ0n) is 16.3. The molecule has 0 radical (unpaired) electrons. The highest BCUT2D eigenvalue weighted by Crippen LogP contribution is 2.40. The fourth-order valence-electron chi connectivity index (χ4n) is 3.13. The van der Waals surface area contributed by atoms with E-state index in [1.807, 2.05) is 19.1 Å². The summed E-state index contributed by atoms with van der Waals surface area (Å²) in [5.41, 5.74) is 8.22. The van der Waals surface area contributed by atoms with Gasteiger partial charge >= 0.3 is 0 Å². The van der Waals surface area contributed by atoms with E-state index in [9.17, 15) is 8.78 Å². The van der Waals surface area contributed by atoms with E-state index >= 15 is 0 Å². The summed E-state index contributed by atoms with van der Waals surface area (Å²) in [5, 5.41) is 6.39. The molecule has 2 heterocycles. The van der Waals surface area contributed by atoms with Crippen LogP contribution in [0.4, 0.5) is 32.1 Å². The smallest absolute Gasteiger partial charge is 0.229 e. The van der Waals surface area contributed by atoms with Gasteiger partial charge in [0.25, 0.3) is 0 Å². The van der Waals surface area contributed by atoms with E-state index in [0.29, 0.717) is 29.4 Å². The van der Waals surface area contributed by atoms with Gasteiger partial charge in [0.2, 0.25) is 5.95 Å². The number of hydrogen-bond donors (Lipinski definition) is 3. The van der Waals surface area contributed by atoms with Crippen molar-refractivity contribution in [3.8, 4) is 11.4 Å². The van der Waals surface area contributed by atoms with Crippen molar-refractivity contribution in [1.82, 2.24) is 15.0 Å². The second kappa shape index (κ2) is 7.27. The van der Waals surface area contributed by atoms with Crippen LogP contribution in [-0.2, 0) is 6.42 Å². The molecule has 150 valence electrons. The summed E-state index contributed by atoms with van der Waals surface area (Å²) in [5.74, 6) is -0.0775. The number of hydrogen-bond acceptors (Lipinski definition) is 6. The number of nitrogens with one attached hydrogen (secondary N) is 2. The highest BCUT2D eigenvalue weighted by Gasteiger charge is 2.38. The van der Waals surface area contributed by atoms with Gasteiger partial charge in [-0.3, -0.25) is 0 Å². The number of nitrogens with zero attached hydrogens (tertiary/aromatic N) is 3. The van der Waals surface area contributed by atoms with Crippen molar-refractivity contribution in [2.45, 2.75) is 38.6 Å². The van der Waals surface area contributed by atoms with Crippen LogP contribution in [0.15, 0.2) is 36.4 Å². The maximum Gasteiger partial charge on any atom is 0.229 e. The maximum absolute atomic E-state index is 13.6. The molecule has 0 aliphatic heterocycles. The second-order valence-electron chi connectivity index (χ2n) is 7.49. The highest BCUT2D eigenvalue weighted by molar-refractivity contribution is 5.70. The normalized spacial score (nSPS) is 14.5. The van der Waals surface area contributed by atoms with E-state index in [0.717, 1.165) is 24.5 Å². The number of anilines is 4. The van der Waals surface area contributed by atoms with Crippen LogP contribution in [0.1, 0.15) is 32.3 Å². The van der Waals surface area contributed by atoms with Gasteiger partial charge in [0.1, 0.15) is 23.3 Å². The van der Waals surface area contributed by atoms with E-state index in [2.05, 4.69) is 32.5 Å². The molecular weight excluding hydrogens is 374 g/mol. The molecule has 0 bridgehead atoms. The van der Waals surface area contributed by atoms with Crippen LogP contribution >= 0.6 is 0 Å². The highest BCUT2D eigenvalue weighted by atomic mass is 19.1. The summed E-state index contributed by atoms with van der Waals surface area (Å²) < 4.78 is 27.2. The Balaban J connectivity index is 1.82. The number of pyridine rings is 1. The standard InChI is InChI=1S/C21H22F2N6/c1-3-15-18(16-5-4-6-17(24)26-16)27-20(28-19(15)29-21(2)7-8-21)25-14-10-12(22)9-13(23)11-14/h4-6,9-11H,3,7-8H2,1-2H3,(H2,24,26)(H2,25,27,28,29). The van der Waals surface area contributed by atoms with Gasteiger partial charge in [-0.15, -0.1) is 0 Å². The van der Waals surface area contributed by atoms with Gasteiger partial charge in [0, 0.05) is 22.9 Å². The lowest BCUT2D eigenvalue weighted by atomic mass is 10.1. The average molecular weight is 396 g/mol. The number of halogens is 2. The Bertz CT molecular complexity index is 1040. The molecule has 4 N–H and O–H groups in total. The molecule has 4 rings (SSSR count). The van der Waals surface area contributed by atoms with Crippen LogP contribution < -0.4 is 16.4 Å². The molecule has 8 heteroatoms. The minimum absolute atomic E-state index is 0.0130. The van der Waals surface area contributed by atoms with Gasteiger partial charge < -0.3 is 16.4 Å². The van der Waals surface area contributed by atoms with Gasteiger partial charge in [-0.05, 0) is 50.5 Å². The number of rotatable bonds is 6. The fraction of sp³-hybridized carbons (Fsp3) is 0.286. The third-order valence-corrected chi connectivity index (χ3v) is 4.91. The first-order valence-corrected chi connectivity index (χ1v) is 9.50. The van der Waals surface area contributed by atoms with E-state index in [4.69, 9.17) is 5.73 Å². The molecule has 0 atom stereocenters. The summed E-state index contributed by atoms with van der Waals surface area (Å²) >= 11 is 0. The van der Waals surface area contributed by atoms with Gasteiger partial charge in [-0.25, -0.2) is 18.7 Å². The summed E-state index contributed by atoms with van der Waals surface area (Å²) in [6, 6.07) is 8.53. The van der Waals surface area contributed by atoms with Crippen LogP contribution in [0.3, 0.4) is 0 Å². The molecule has 0 amide bonds. The van der Waals surface area contributed by atoms with Crippen molar-refractivity contribution in [3.63, 3.8) is 0 Å². The van der Waals surface area contributed by atoms with Gasteiger partial charge in [0.05, 0.1) is 11.4 Å². The first-order valence-electron chi connectivity index (χ1n) is 9.50. The fourth-order valence-corrected chi connectivity index (χ4v) is 3.13. The molecule has 29 heavy (non-hydrogen) atoms. The molecule has 0 spiro atoms. The molecule has 1 aliphatic rings. The quantitative estimate of drug-likeness (QED) is 0.561. The summed E-state index contributed by atoms with van der Waals surface area (Å²) in [4.78, 5) is 13.6. The molecule has 0 unspecified atom stereocenters. The van der Waals surface area contributed by atoms with Crippen LogP contribution in [0.25, 0.3) is 11.4 Å². The Morgan fingerprint density at radius 2 is 1.79 bits per heavy atom. The van der Waals surface area contributed by atoms with Crippen molar-refractivity contribution in [2.75, 3.05) is 16.4 Å². The molecule has 1 aliphatic carbocycles. The van der Waals surface area contributed by atoms with E-state index in [1.165, 1.54) is 12.1 Å². The number of nitrogen functional groups attached to an aromatic ring is 1. The molecule has 1 fully saturated rings. The van der Waals surface area contributed by atoms with Crippen molar-refractivity contribution in [1.29, 1.82) is 0 Å². The average Bonchev–Trinajstić information content (AvgIpc) is 3.37.